The molecule has 2 unspecified atom stereocenters. The van der Waals surface area contributed by atoms with Crippen molar-refractivity contribution in [3.8, 4) is 0 Å². The molecular formula is C20H22F3NO2. The van der Waals surface area contributed by atoms with Gasteiger partial charge in [-0.3, -0.25) is 0 Å². The van der Waals surface area contributed by atoms with Crippen LogP contribution >= 0.6 is 0 Å². The molecule has 6 heteroatoms. The number of ether oxygens (including phenoxy) is 1. The average molecular weight is 365 g/mol. The van der Waals surface area contributed by atoms with E-state index >= 15 is 0 Å². The summed E-state index contributed by atoms with van der Waals surface area (Å²) in [6.45, 7) is -0.109. The number of allylic oxidation sites excluding steroid dienone is 3. The number of anilines is 1. The second-order valence-electron chi connectivity index (χ2n) is 7.28. The topological polar surface area (TPSA) is 41.5 Å². The summed E-state index contributed by atoms with van der Waals surface area (Å²) in [5, 5.41) is 13.0. The Morgan fingerprint density at radius 2 is 2.04 bits per heavy atom. The Balaban J connectivity index is 1.72. The lowest BCUT2D eigenvalue weighted by molar-refractivity contribution is -0.138. The van der Waals surface area contributed by atoms with E-state index in [0.717, 1.165) is 25.3 Å². The van der Waals surface area contributed by atoms with Crippen LogP contribution in [0.1, 0.15) is 36.5 Å². The van der Waals surface area contributed by atoms with E-state index in [4.69, 9.17) is 4.74 Å². The molecule has 1 fully saturated rings. The second kappa shape index (κ2) is 6.74. The summed E-state index contributed by atoms with van der Waals surface area (Å²) in [5.74, 6) is 0.354. The predicted octanol–water partition coefficient (Wildman–Crippen LogP) is 4.46. The fourth-order valence-electron chi connectivity index (χ4n) is 4.40. The van der Waals surface area contributed by atoms with Crippen molar-refractivity contribution in [3.05, 3.63) is 53.6 Å². The molecule has 1 aromatic carbocycles. The molecule has 3 nitrogen and oxygen atoms in total. The average Bonchev–Trinajstić information content (AvgIpc) is 2.66. The Morgan fingerprint density at radius 3 is 2.73 bits per heavy atom. The summed E-state index contributed by atoms with van der Waals surface area (Å²) in [7, 11) is 0. The highest BCUT2D eigenvalue weighted by Crippen LogP contribution is 2.49. The van der Waals surface area contributed by atoms with E-state index in [-0.39, 0.29) is 30.6 Å². The Bertz CT molecular complexity index is 728. The zero-order valence-corrected chi connectivity index (χ0v) is 14.2. The molecule has 2 aliphatic heterocycles. The molecule has 4 rings (SSSR count). The molecule has 3 aliphatic rings. The van der Waals surface area contributed by atoms with Gasteiger partial charge in [0, 0.05) is 29.1 Å². The van der Waals surface area contributed by atoms with Crippen LogP contribution in [-0.4, -0.2) is 23.9 Å². The minimum atomic E-state index is -4.39. The molecule has 0 radical (unpaired) electrons. The van der Waals surface area contributed by atoms with Crippen LogP contribution in [0.4, 0.5) is 18.9 Å². The summed E-state index contributed by atoms with van der Waals surface area (Å²) in [4.78, 5) is 0. The molecule has 1 aromatic rings. The molecule has 2 N–H and O–H groups in total. The minimum absolute atomic E-state index is 0.0786. The van der Waals surface area contributed by atoms with Gasteiger partial charge in [-0.25, -0.2) is 0 Å². The molecule has 5 atom stereocenters. The van der Waals surface area contributed by atoms with Gasteiger partial charge >= 0.3 is 6.18 Å². The number of fused-ring (bicyclic) bond motifs is 3. The van der Waals surface area contributed by atoms with E-state index in [1.54, 1.807) is 0 Å². The molecule has 0 bridgehead atoms. The second-order valence-corrected chi connectivity index (χ2v) is 7.28. The third-order valence-corrected chi connectivity index (χ3v) is 5.70. The number of rotatable bonds is 2. The maximum atomic E-state index is 13.2. The van der Waals surface area contributed by atoms with Gasteiger partial charge in [0.05, 0.1) is 24.4 Å². The van der Waals surface area contributed by atoms with Gasteiger partial charge in [-0.1, -0.05) is 24.3 Å². The van der Waals surface area contributed by atoms with Gasteiger partial charge in [0.15, 0.2) is 0 Å². The lowest BCUT2D eigenvalue weighted by atomic mass is 9.73. The van der Waals surface area contributed by atoms with E-state index in [1.165, 1.54) is 12.1 Å². The third kappa shape index (κ3) is 3.16. The zero-order valence-electron chi connectivity index (χ0n) is 14.2. The standard InChI is InChI=1S/C20H22F3NO2/c21-20(22,23)13-6-9-17-16(10-13)19-15(8-7-14(11-25)26-19)18(24-17)12-4-2-1-3-5-12/h1-4,6,9-10,12,14-15,18-19,24-25H,5,7-8,11H2/t12?,14?,15-,18-,19-/m0/s1. The van der Waals surface area contributed by atoms with Crippen molar-refractivity contribution in [2.75, 3.05) is 11.9 Å². The SMILES string of the molecule is OCC1CC[C@@H]2[C@H](O1)c1cc(C(F)(F)F)ccc1N[C@H]2C1C=CC=CC1. The fraction of sp³-hybridized carbons (Fsp3) is 0.500. The number of alkyl halides is 3. The first-order chi connectivity index (χ1) is 12.5. The normalized spacial score (nSPS) is 33.3. The van der Waals surface area contributed by atoms with Crippen LogP contribution in [0.25, 0.3) is 0 Å². The van der Waals surface area contributed by atoms with E-state index in [0.29, 0.717) is 11.3 Å². The number of nitrogens with one attached hydrogen (secondary N) is 1. The highest BCUT2D eigenvalue weighted by atomic mass is 19.4. The third-order valence-electron chi connectivity index (χ3n) is 5.70. The van der Waals surface area contributed by atoms with Crippen LogP contribution in [0.2, 0.25) is 0 Å². The lowest BCUT2D eigenvalue weighted by Gasteiger charge is -2.47. The minimum Gasteiger partial charge on any atom is -0.394 e. The molecule has 2 heterocycles. The fourth-order valence-corrected chi connectivity index (χ4v) is 4.40. The molecule has 0 saturated carbocycles. The number of aliphatic hydroxyl groups is 1. The van der Waals surface area contributed by atoms with Crippen molar-refractivity contribution in [2.45, 2.75) is 43.7 Å². The van der Waals surface area contributed by atoms with Gasteiger partial charge in [0.25, 0.3) is 0 Å². The van der Waals surface area contributed by atoms with Crippen LogP contribution in [0.15, 0.2) is 42.5 Å². The van der Waals surface area contributed by atoms with Crippen LogP contribution in [0.3, 0.4) is 0 Å². The van der Waals surface area contributed by atoms with Gasteiger partial charge in [-0.15, -0.1) is 0 Å². The largest absolute Gasteiger partial charge is 0.416 e. The van der Waals surface area contributed by atoms with Gasteiger partial charge in [-0.2, -0.15) is 13.2 Å². The monoisotopic (exact) mass is 365 g/mol. The van der Waals surface area contributed by atoms with Crippen LogP contribution in [0, 0.1) is 11.8 Å². The molecule has 1 aliphatic carbocycles. The van der Waals surface area contributed by atoms with E-state index in [2.05, 4.69) is 17.5 Å². The van der Waals surface area contributed by atoms with Crippen molar-refractivity contribution < 1.29 is 23.0 Å². The van der Waals surface area contributed by atoms with Gasteiger partial charge in [0.2, 0.25) is 0 Å². The lowest BCUT2D eigenvalue weighted by Crippen LogP contribution is -2.47. The van der Waals surface area contributed by atoms with E-state index in [1.807, 2.05) is 12.2 Å². The predicted molar refractivity (Wildman–Crippen MR) is 92.7 cm³/mol. The maximum absolute atomic E-state index is 13.2. The van der Waals surface area contributed by atoms with Crippen LogP contribution in [0.5, 0.6) is 0 Å². The maximum Gasteiger partial charge on any atom is 0.416 e. The number of hydrogen-bond donors (Lipinski definition) is 2. The van der Waals surface area contributed by atoms with E-state index < -0.39 is 17.8 Å². The highest BCUT2D eigenvalue weighted by molar-refractivity contribution is 5.58. The van der Waals surface area contributed by atoms with Crippen molar-refractivity contribution in [3.63, 3.8) is 0 Å². The Labute approximate surface area is 150 Å². The first-order valence-electron chi connectivity index (χ1n) is 9.04. The van der Waals surface area contributed by atoms with Gasteiger partial charge < -0.3 is 15.2 Å². The molecular weight excluding hydrogens is 343 g/mol. The molecule has 0 amide bonds. The summed E-state index contributed by atoms with van der Waals surface area (Å²) < 4.78 is 45.6. The Morgan fingerprint density at radius 1 is 1.19 bits per heavy atom. The summed E-state index contributed by atoms with van der Waals surface area (Å²) in [6, 6.07) is 3.93. The Kier molecular flexibility index (Phi) is 4.57. The molecule has 26 heavy (non-hydrogen) atoms. The number of aliphatic hydroxyl groups excluding tert-OH is 1. The number of halogens is 3. The zero-order chi connectivity index (χ0) is 18.3. The number of hydrogen-bond acceptors (Lipinski definition) is 3. The van der Waals surface area contributed by atoms with Crippen LogP contribution < -0.4 is 5.32 Å². The quantitative estimate of drug-likeness (QED) is 0.813. The molecule has 0 spiro atoms. The number of benzene rings is 1. The first-order valence-corrected chi connectivity index (χ1v) is 9.04. The summed E-state index contributed by atoms with van der Waals surface area (Å²) in [5.41, 5.74) is 0.589. The van der Waals surface area contributed by atoms with Crippen molar-refractivity contribution >= 4 is 5.69 Å². The molecule has 140 valence electrons. The van der Waals surface area contributed by atoms with Gasteiger partial charge in [-0.05, 0) is 37.5 Å². The smallest absolute Gasteiger partial charge is 0.394 e. The molecule has 1 saturated heterocycles. The van der Waals surface area contributed by atoms with Crippen LogP contribution in [-0.2, 0) is 10.9 Å². The summed E-state index contributed by atoms with van der Waals surface area (Å²) in [6.07, 6.45) is 5.61. The van der Waals surface area contributed by atoms with Crippen molar-refractivity contribution in [1.29, 1.82) is 0 Å². The first kappa shape index (κ1) is 17.6. The van der Waals surface area contributed by atoms with Gasteiger partial charge in [0.1, 0.15) is 0 Å². The Hall–Kier alpha value is -1.79. The van der Waals surface area contributed by atoms with E-state index in [9.17, 15) is 18.3 Å². The summed E-state index contributed by atoms with van der Waals surface area (Å²) >= 11 is 0. The molecule has 0 aromatic heterocycles. The van der Waals surface area contributed by atoms with Crippen molar-refractivity contribution in [1.82, 2.24) is 0 Å². The highest BCUT2D eigenvalue weighted by Gasteiger charge is 2.44. The van der Waals surface area contributed by atoms with Crippen molar-refractivity contribution in [2.24, 2.45) is 11.8 Å².